The number of hydrogen-bond donors (Lipinski definition) is 1. The SMILES string of the molecule is CCCOc1ccc(/C=C(/C#N)c2nc3ccccc3[nH]2)cc1OC. The number of hydrogen-bond acceptors (Lipinski definition) is 4. The fourth-order valence-electron chi connectivity index (χ4n) is 2.51. The zero-order chi connectivity index (χ0) is 17.6. The Bertz CT molecular complexity index is 918. The van der Waals surface area contributed by atoms with Crippen LogP contribution in [0.1, 0.15) is 24.7 Å². The molecule has 0 fully saturated rings. The number of H-pyrrole nitrogens is 1. The average Bonchev–Trinajstić information content (AvgIpc) is 3.08. The highest BCUT2D eigenvalue weighted by molar-refractivity contribution is 5.90. The Morgan fingerprint density at radius 1 is 1.24 bits per heavy atom. The Labute approximate surface area is 146 Å². The first-order valence-corrected chi connectivity index (χ1v) is 8.13. The molecule has 0 radical (unpaired) electrons. The Balaban J connectivity index is 1.95. The molecule has 1 aromatic heterocycles. The van der Waals surface area contributed by atoms with Crippen molar-refractivity contribution in [2.24, 2.45) is 0 Å². The van der Waals surface area contributed by atoms with Gasteiger partial charge in [-0.3, -0.25) is 0 Å². The Hall–Kier alpha value is -3.26. The zero-order valence-electron chi connectivity index (χ0n) is 14.2. The minimum absolute atomic E-state index is 0.459. The number of aromatic nitrogens is 2. The summed E-state index contributed by atoms with van der Waals surface area (Å²) in [4.78, 5) is 7.66. The molecule has 0 bridgehead atoms. The highest BCUT2D eigenvalue weighted by Gasteiger charge is 2.09. The van der Waals surface area contributed by atoms with Gasteiger partial charge in [0.05, 0.1) is 30.3 Å². The Morgan fingerprint density at radius 2 is 2.08 bits per heavy atom. The Morgan fingerprint density at radius 3 is 2.80 bits per heavy atom. The van der Waals surface area contributed by atoms with E-state index in [1.807, 2.05) is 42.5 Å². The van der Waals surface area contributed by atoms with Crippen LogP contribution in [0.3, 0.4) is 0 Å². The fraction of sp³-hybridized carbons (Fsp3) is 0.200. The van der Waals surface area contributed by atoms with Crippen molar-refractivity contribution in [2.75, 3.05) is 13.7 Å². The molecule has 0 aliphatic rings. The number of ether oxygens (including phenoxy) is 2. The van der Waals surface area contributed by atoms with Crippen molar-refractivity contribution in [1.29, 1.82) is 5.26 Å². The molecule has 3 rings (SSSR count). The van der Waals surface area contributed by atoms with Crippen LogP contribution in [0.4, 0.5) is 0 Å². The van der Waals surface area contributed by atoms with Crippen LogP contribution in [-0.2, 0) is 0 Å². The number of benzene rings is 2. The first kappa shape index (κ1) is 16.6. The highest BCUT2D eigenvalue weighted by atomic mass is 16.5. The second-order valence-electron chi connectivity index (χ2n) is 5.53. The minimum Gasteiger partial charge on any atom is -0.493 e. The maximum Gasteiger partial charge on any atom is 0.161 e. The molecule has 0 atom stereocenters. The van der Waals surface area contributed by atoms with Crippen LogP contribution >= 0.6 is 0 Å². The van der Waals surface area contributed by atoms with E-state index < -0.39 is 0 Å². The first-order chi connectivity index (χ1) is 12.2. The highest BCUT2D eigenvalue weighted by Crippen LogP contribution is 2.30. The van der Waals surface area contributed by atoms with E-state index in [2.05, 4.69) is 23.0 Å². The molecule has 126 valence electrons. The maximum atomic E-state index is 9.53. The molecule has 5 nitrogen and oxygen atoms in total. The standard InChI is InChI=1S/C20H19N3O2/c1-3-10-25-18-9-8-14(12-19(18)24-2)11-15(13-21)20-22-16-6-4-5-7-17(16)23-20/h4-9,11-12H,3,10H2,1-2H3,(H,22,23)/b15-11-. The van der Waals surface area contributed by atoms with Crippen LogP contribution in [0.25, 0.3) is 22.7 Å². The number of methoxy groups -OCH3 is 1. The normalized spacial score (nSPS) is 11.3. The van der Waals surface area contributed by atoms with Crippen LogP contribution < -0.4 is 9.47 Å². The largest absolute Gasteiger partial charge is 0.493 e. The topological polar surface area (TPSA) is 70.9 Å². The molecule has 2 aromatic carbocycles. The lowest BCUT2D eigenvalue weighted by Crippen LogP contribution is -1.98. The summed E-state index contributed by atoms with van der Waals surface area (Å²) in [6, 6.07) is 15.5. The third-order valence-corrected chi connectivity index (χ3v) is 3.73. The second-order valence-corrected chi connectivity index (χ2v) is 5.53. The third-order valence-electron chi connectivity index (χ3n) is 3.73. The van der Waals surface area contributed by atoms with Crippen LogP contribution in [0.5, 0.6) is 11.5 Å². The van der Waals surface area contributed by atoms with Crippen LogP contribution in [0.15, 0.2) is 42.5 Å². The number of allylic oxidation sites excluding steroid dienone is 1. The predicted molar refractivity (Wildman–Crippen MR) is 98.4 cm³/mol. The van der Waals surface area contributed by atoms with Crippen LogP contribution in [0, 0.1) is 11.3 Å². The van der Waals surface area contributed by atoms with Crippen LogP contribution in [-0.4, -0.2) is 23.7 Å². The molecule has 0 spiro atoms. The Kier molecular flexibility index (Phi) is 5.00. The third kappa shape index (κ3) is 3.64. The van der Waals surface area contributed by atoms with Gasteiger partial charge in [-0.1, -0.05) is 25.1 Å². The molecule has 0 amide bonds. The van der Waals surface area contributed by atoms with Crippen LogP contribution in [0.2, 0.25) is 0 Å². The van der Waals surface area contributed by atoms with E-state index in [0.29, 0.717) is 29.5 Å². The van der Waals surface area contributed by atoms with Gasteiger partial charge in [-0.25, -0.2) is 4.98 Å². The molecular weight excluding hydrogens is 314 g/mol. The predicted octanol–water partition coefficient (Wildman–Crippen LogP) is 4.42. The lowest BCUT2D eigenvalue weighted by molar-refractivity contribution is 0.294. The zero-order valence-corrected chi connectivity index (χ0v) is 14.2. The van der Waals surface area contributed by atoms with E-state index in [1.165, 1.54) is 0 Å². The van der Waals surface area contributed by atoms with Crippen molar-refractivity contribution in [2.45, 2.75) is 13.3 Å². The number of rotatable bonds is 6. The molecule has 0 saturated carbocycles. The van der Waals surface area contributed by atoms with Gasteiger partial charge in [0.15, 0.2) is 11.5 Å². The molecule has 0 aliphatic carbocycles. The van der Waals surface area contributed by atoms with Gasteiger partial charge in [0.2, 0.25) is 0 Å². The smallest absolute Gasteiger partial charge is 0.161 e. The molecule has 1 N–H and O–H groups in total. The summed E-state index contributed by atoms with van der Waals surface area (Å²) in [6.45, 7) is 2.68. The number of imidazole rings is 1. The lowest BCUT2D eigenvalue weighted by Gasteiger charge is -2.10. The van der Waals surface area contributed by atoms with E-state index in [1.54, 1.807) is 13.2 Å². The summed E-state index contributed by atoms with van der Waals surface area (Å²) in [5.74, 6) is 1.89. The monoisotopic (exact) mass is 333 g/mol. The van der Waals surface area contributed by atoms with E-state index >= 15 is 0 Å². The van der Waals surface area contributed by atoms with Crippen molar-refractivity contribution in [3.63, 3.8) is 0 Å². The fourth-order valence-corrected chi connectivity index (χ4v) is 2.51. The minimum atomic E-state index is 0.459. The summed E-state index contributed by atoms with van der Waals surface area (Å²) >= 11 is 0. The summed E-state index contributed by atoms with van der Waals surface area (Å²) in [5, 5.41) is 9.53. The molecule has 0 aliphatic heterocycles. The maximum absolute atomic E-state index is 9.53. The summed E-state index contributed by atoms with van der Waals surface area (Å²) < 4.78 is 11.1. The lowest BCUT2D eigenvalue weighted by atomic mass is 10.1. The number of nitriles is 1. The number of para-hydroxylation sites is 2. The average molecular weight is 333 g/mol. The van der Waals surface area contributed by atoms with Gasteiger partial charge in [-0.2, -0.15) is 5.26 Å². The quantitative estimate of drug-likeness (QED) is 0.678. The van der Waals surface area contributed by atoms with Gasteiger partial charge in [-0.15, -0.1) is 0 Å². The molecule has 0 unspecified atom stereocenters. The summed E-state index contributed by atoms with van der Waals surface area (Å²) in [6.07, 6.45) is 2.71. The molecular formula is C20H19N3O2. The van der Waals surface area contributed by atoms with Gasteiger partial charge < -0.3 is 14.5 Å². The van der Waals surface area contributed by atoms with Crippen molar-refractivity contribution < 1.29 is 9.47 Å². The van der Waals surface area contributed by atoms with E-state index in [0.717, 1.165) is 23.0 Å². The summed E-state index contributed by atoms with van der Waals surface area (Å²) in [5.41, 5.74) is 3.04. The number of aromatic amines is 1. The van der Waals surface area contributed by atoms with E-state index in [4.69, 9.17) is 9.47 Å². The van der Waals surface area contributed by atoms with E-state index in [-0.39, 0.29) is 0 Å². The molecule has 1 heterocycles. The molecule has 3 aromatic rings. The van der Waals surface area contributed by atoms with Crippen molar-refractivity contribution in [3.8, 4) is 17.6 Å². The van der Waals surface area contributed by atoms with Gasteiger partial charge in [-0.05, 0) is 42.3 Å². The van der Waals surface area contributed by atoms with Gasteiger partial charge in [0.1, 0.15) is 11.9 Å². The van der Waals surface area contributed by atoms with Crippen molar-refractivity contribution in [1.82, 2.24) is 9.97 Å². The van der Waals surface area contributed by atoms with Crippen molar-refractivity contribution >= 4 is 22.7 Å². The number of nitrogens with one attached hydrogen (secondary N) is 1. The van der Waals surface area contributed by atoms with Gasteiger partial charge >= 0.3 is 0 Å². The van der Waals surface area contributed by atoms with Gasteiger partial charge in [0, 0.05) is 0 Å². The number of fused-ring (bicyclic) bond motifs is 1. The van der Waals surface area contributed by atoms with Gasteiger partial charge in [0.25, 0.3) is 0 Å². The molecule has 25 heavy (non-hydrogen) atoms. The molecule has 0 saturated heterocycles. The van der Waals surface area contributed by atoms with Crippen molar-refractivity contribution in [3.05, 3.63) is 53.9 Å². The summed E-state index contributed by atoms with van der Waals surface area (Å²) in [7, 11) is 1.60. The first-order valence-electron chi connectivity index (χ1n) is 8.13. The van der Waals surface area contributed by atoms with E-state index in [9.17, 15) is 5.26 Å². The second kappa shape index (κ2) is 7.54. The number of nitrogens with zero attached hydrogens (tertiary/aromatic N) is 2. The molecule has 5 heteroatoms.